The van der Waals surface area contributed by atoms with Gasteiger partial charge in [-0.3, -0.25) is 4.79 Å². The summed E-state index contributed by atoms with van der Waals surface area (Å²) in [5.41, 5.74) is 2.10. The average Bonchev–Trinajstić information content (AvgIpc) is 3.21. The maximum Gasteiger partial charge on any atom is 0.291 e. The molecule has 0 radical (unpaired) electrons. The summed E-state index contributed by atoms with van der Waals surface area (Å²) in [5.74, 6) is -0.417. The SMILES string of the molecule is O=C(c1ncc(-c2cc[n+]([O-])cc2)cn1)N1CCN(S(=O)(=O)c2c(CO)c3ccccc3n2Cl)CC1. The van der Waals surface area contributed by atoms with E-state index >= 15 is 0 Å². The number of aromatic nitrogens is 4. The Hall–Kier alpha value is -3.58. The predicted molar refractivity (Wildman–Crippen MR) is 130 cm³/mol. The Bertz CT molecular complexity index is 1530. The molecule has 186 valence electrons. The third-order valence-electron chi connectivity index (χ3n) is 6.12. The number of aliphatic hydroxyl groups is 1. The number of fused-ring (bicyclic) bond motifs is 1. The van der Waals surface area contributed by atoms with Gasteiger partial charge in [0.05, 0.1) is 12.1 Å². The molecule has 1 N–H and O–H groups in total. The Morgan fingerprint density at radius 1 is 1.03 bits per heavy atom. The summed E-state index contributed by atoms with van der Waals surface area (Å²) in [6, 6.07) is 10.1. The minimum Gasteiger partial charge on any atom is -0.619 e. The quantitative estimate of drug-likeness (QED) is 0.305. The van der Waals surface area contributed by atoms with Crippen LogP contribution in [-0.2, 0) is 16.6 Å². The number of sulfonamides is 1. The van der Waals surface area contributed by atoms with Crippen molar-refractivity contribution in [3.63, 3.8) is 0 Å². The van der Waals surface area contributed by atoms with Crippen molar-refractivity contribution in [3.05, 3.63) is 77.8 Å². The minimum absolute atomic E-state index is 0.00618. The van der Waals surface area contributed by atoms with Crippen LogP contribution in [-0.4, -0.2) is 68.9 Å². The molecule has 1 saturated heterocycles. The normalized spacial score (nSPS) is 14.9. The molecule has 4 aromatic rings. The van der Waals surface area contributed by atoms with E-state index in [9.17, 15) is 23.5 Å². The molecule has 0 spiro atoms. The number of rotatable bonds is 5. The largest absolute Gasteiger partial charge is 0.619 e. The summed E-state index contributed by atoms with van der Waals surface area (Å²) in [6.45, 7) is -0.103. The first-order chi connectivity index (χ1) is 17.3. The van der Waals surface area contributed by atoms with Crippen LogP contribution in [0.3, 0.4) is 0 Å². The zero-order valence-corrected chi connectivity index (χ0v) is 20.4. The van der Waals surface area contributed by atoms with Gasteiger partial charge in [-0.1, -0.05) is 18.2 Å². The highest BCUT2D eigenvalue weighted by Crippen LogP contribution is 2.33. The van der Waals surface area contributed by atoms with Gasteiger partial charge in [0.25, 0.3) is 15.9 Å². The Balaban J connectivity index is 1.31. The van der Waals surface area contributed by atoms with Gasteiger partial charge in [0.1, 0.15) is 0 Å². The van der Waals surface area contributed by atoms with E-state index in [1.54, 1.807) is 36.4 Å². The molecule has 1 aromatic carbocycles. The summed E-state index contributed by atoms with van der Waals surface area (Å²) < 4.78 is 29.9. The lowest BCUT2D eigenvalue weighted by atomic mass is 10.1. The van der Waals surface area contributed by atoms with Gasteiger partial charge in [-0.05, 0) is 11.6 Å². The van der Waals surface area contributed by atoms with Crippen molar-refractivity contribution in [1.82, 2.24) is 23.3 Å². The number of pyridine rings is 1. The lowest BCUT2D eigenvalue weighted by molar-refractivity contribution is -0.605. The van der Waals surface area contributed by atoms with Crippen LogP contribution >= 0.6 is 11.8 Å². The van der Waals surface area contributed by atoms with Gasteiger partial charge in [-0.2, -0.15) is 9.04 Å². The predicted octanol–water partition coefficient (Wildman–Crippen LogP) is 1.37. The number of para-hydroxylation sites is 1. The highest BCUT2D eigenvalue weighted by Gasteiger charge is 2.35. The summed E-state index contributed by atoms with van der Waals surface area (Å²) in [4.78, 5) is 22.7. The van der Waals surface area contributed by atoms with Crippen molar-refractivity contribution < 1.29 is 23.0 Å². The van der Waals surface area contributed by atoms with Gasteiger partial charge in [-0.15, -0.1) is 0 Å². The van der Waals surface area contributed by atoms with E-state index < -0.39 is 22.5 Å². The van der Waals surface area contributed by atoms with Gasteiger partial charge in [0.2, 0.25) is 5.82 Å². The zero-order chi connectivity index (χ0) is 25.4. The van der Waals surface area contributed by atoms with E-state index in [2.05, 4.69) is 9.97 Å². The second kappa shape index (κ2) is 9.47. The van der Waals surface area contributed by atoms with Crippen LogP contribution in [0.4, 0.5) is 0 Å². The van der Waals surface area contributed by atoms with Crippen LogP contribution in [0.25, 0.3) is 22.0 Å². The lowest BCUT2D eigenvalue weighted by Gasteiger charge is -2.33. The number of carbonyl (C=O) groups excluding carboxylic acids is 1. The Morgan fingerprint density at radius 3 is 2.31 bits per heavy atom. The summed E-state index contributed by atoms with van der Waals surface area (Å²) >= 11 is 6.37. The zero-order valence-electron chi connectivity index (χ0n) is 18.9. The van der Waals surface area contributed by atoms with Crippen molar-refractivity contribution in [1.29, 1.82) is 0 Å². The number of carbonyl (C=O) groups is 1. The fourth-order valence-corrected chi connectivity index (χ4v) is 6.43. The van der Waals surface area contributed by atoms with E-state index in [1.165, 1.54) is 34.0 Å². The first-order valence-corrected chi connectivity index (χ1v) is 12.8. The van der Waals surface area contributed by atoms with Crippen molar-refractivity contribution >= 4 is 38.6 Å². The summed E-state index contributed by atoms with van der Waals surface area (Å²) in [6.07, 6.45) is 5.71. The molecule has 36 heavy (non-hydrogen) atoms. The molecule has 1 aliphatic heterocycles. The van der Waals surface area contributed by atoms with Gasteiger partial charge in [0, 0.05) is 79.0 Å². The Kier molecular flexibility index (Phi) is 6.35. The van der Waals surface area contributed by atoms with E-state index in [4.69, 9.17) is 11.8 Å². The number of hydrogen-bond acceptors (Lipinski definition) is 7. The lowest BCUT2D eigenvalue weighted by Crippen LogP contribution is -2.51. The van der Waals surface area contributed by atoms with Crippen LogP contribution in [0.15, 0.2) is 66.2 Å². The number of piperazine rings is 1. The number of nitrogens with zero attached hydrogens (tertiary/aromatic N) is 6. The first-order valence-electron chi connectivity index (χ1n) is 11.0. The number of hydrogen-bond donors (Lipinski definition) is 1. The molecule has 3 aromatic heterocycles. The molecule has 0 bridgehead atoms. The van der Waals surface area contributed by atoms with Crippen molar-refractivity contribution in [3.8, 4) is 11.1 Å². The second-order valence-electron chi connectivity index (χ2n) is 8.18. The van der Waals surface area contributed by atoms with Gasteiger partial charge in [0.15, 0.2) is 17.4 Å². The number of benzene rings is 1. The summed E-state index contributed by atoms with van der Waals surface area (Å²) in [5, 5.41) is 21.5. The topological polar surface area (TPSA) is 136 Å². The molecular weight excluding hydrogens is 508 g/mol. The monoisotopic (exact) mass is 528 g/mol. The third-order valence-corrected chi connectivity index (χ3v) is 8.54. The van der Waals surface area contributed by atoms with Gasteiger partial charge in [-0.25, -0.2) is 22.5 Å². The van der Waals surface area contributed by atoms with Crippen molar-refractivity contribution in [2.75, 3.05) is 26.2 Å². The highest BCUT2D eigenvalue weighted by molar-refractivity contribution is 7.89. The van der Waals surface area contributed by atoms with E-state index in [-0.39, 0.29) is 42.6 Å². The van der Waals surface area contributed by atoms with Crippen molar-refractivity contribution in [2.24, 2.45) is 0 Å². The van der Waals surface area contributed by atoms with Crippen LogP contribution in [0.1, 0.15) is 16.2 Å². The molecule has 5 rings (SSSR count). The summed E-state index contributed by atoms with van der Waals surface area (Å²) in [7, 11) is -4.04. The molecular formula is C23H21ClN6O5S. The average molecular weight is 529 g/mol. The van der Waals surface area contributed by atoms with Crippen molar-refractivity contribution in [2.45, 2.75) is 11.6 Å². The first kappa shape index (κ1) is 24.1. The molecule has 1 fully saturated rings. The molecule has 1 aliphatic rings. The molecule has 0 unspecified atom stereocenters. The van der Waals surface area contributed by atoms with Crippen LogP contribution in [0.2, 0.25) is 0 Å². The molecule has 0 aliphatic carbocycles. The van der Waals surface area contributed by atoms with Gasteiger partial charge >= 0.3 is 0 Å². The molecule has 4 heterocycles. The second-order valence-corrected chi connectivity index (χ2v) is 10.4. The number of amides is 1. The fourth-order valence-electron chi connectivity index (χ4n) is 4.24. The van der Waals surface area contributed by atoms with E-state index in [0.717, 1.165) is 9.65 Å². The molecule has 13 heteroatoms. The maximum absolute atomic E-state index is 13.5. The highest BCUT2D eigenvalue weighted by atomic mass is 35.5. The standard InChI is InChI=1S/C23H21ClN6O5S/c24-30-20-4-2-1-3-18(20)19(15-31)23(30)36(34,35)29-11-9-27(10-12-29)22(32)21-25-13-17(14-26-21)16-5-7-28(33)8-6-16/h1-8,13-14,31H,9-12,15H2. The van der Waals surface area contributed by atoms with E-state index in [1.807, 2.05) is 0 Å². The molecule has 0 atom stereocenters. The maximum atomic E-state index is 13.5. The molecule has 11 nitrogen and oxygen atoms in total. The number of halogens is 1. The minimum atomic E-state index is -4.04. The smallest absolute Gasteiger partial charge is 0.291 e. The van der Waals surface area contributed by atoms with Crippen LogP contribution < -0.4 is 4.73 Å². The van der Waals surface area contributed by atoms with Crippen LogP contribution in [0, 0.1) is 5.21 Å². The van der Waals surface area contributed by atoms with Gasteiger partial charge < -0.3 is 15.2 Å². The Labute approximate surface area is 211 Å². The number of aliphatic hydroxyl groups excluding tert-OH is 1. The van der Waals surface area contributed by atoms with E-state index in [0.29, 0.717) is 21.2 Å². The fraction of sp³-hybridized carbons (Fsp3) is 0.217. The molecule has 1 amide bonds. The third kappa shape index (κ3) is 4.17. The molecule has 0 saturated carbocycles. The Morgan fingerprint density at radius 2 is 1.67 bits per heavy atom. The van der Waals surface area contributed by atoms with Crippen LogP contribution in [0.5, 0.6) is 0 Å².